The van der Waals surface area contributed by atoms with Crippen molar-refractivity contribution in [3.63, 3.8) is 0 Å². The van der Waals surface area contributed by atoms with Gasteiger partial charge in [0.15, 0.2) is 11.5 Å². The van der Waals surface area contributed by atoms with E-state index in [0.29, 0.717) is 55.5 Å². The Bertz CT molecular complexity index is 1620. The van der Waals surface area contributed by atoms with Gasteiger partial charge in [0.05, 0.1) is 12.8 Å². The Morgan fingerprint density at radius 1 is 1.11 bits per heavy atom. The minimum absolute atomic E-state index is 0.219. The highest BCUT2D eigenvalue weighted by atomic mass is 32.2. The van der Waals surface area contributed by atoms with Crippen LogP contribution in [0.5, 0.6) is 0 Å². The molecule has 0 bridgehead atoms. The van der Waals surface area contributed by atoms with Gasteiger partial charge in [0, 0.05) is 49.9 Å². The van der Waals surface area contributed by atoms with Crippen LogP contribution in [0.2, 0.25) is 0 Å². The van der Waals surface area contributed by atoms with Crippen LogP contribution < -0.4 is 15.8 Å². The number of aryl methyl sites for hydroxylation is 1. The molecule has 37 heavy (non-hydrogen) atoms. The Labute approximate surface area is 214 Å². The van der Waals surface area contributed by atoms with Crippen LogP contribution in [0.3, 0.4) is 0 Å². The molecule has 5 rings (SSSR count). The van der Waals surface area contributed by atoms with Crippen molar-refractivity contribution < 1.29 is 8.42 Å². The van der Waals surface area contributed by atoms with Gasteiger partial charge in [0.2, 0.25) is 16.0 Å². The fraction of sp³-hybridized carbons (Fsp3) is 0.280. The number of hydrogen-bond donors (Lipinski definition) is 1. The van der Waals surface area contributed by atoms with E-state index in [1.165, 1.54) is 21.4 Å². The van der Waals surface area contributed by atoms with E-state index in [4.69, 9.17) is 0 Å². The van der Waals surface area contributed by atoms with Gasteiger partial charge < -0.3 is 10.2 Å². The smallest absolute Gasteiger partial charge is 0.278 e. The molecule has 192 valence electrons. The van der Waals surface area contributed by atoms with Crippen LogP contribution in [0.15, 0.2) is 66.2 Å². The SMILES string of the molecule is C=CCn1c(=O)c2cnc(Nc3ccc(N4CCN(S(C)(=O)=O)CC4)c(C)c3)nc2n1-c1ccccn1. The van der Waals surface area contributed by atoms with Crippen LogP contribution in [0.4, 0.5) is 17.3 Å². The molecule has 0 amide bonds. The fourth-order valence-electron chi connectivity index (χ4n) is 4.57. The lowest BCUT2D eigenvalue weighted by Gasteiger charge is -2.35. The Balaban J connectivity index is 1.43. The maximum Gasteiger partial charge on any atom is 0.278 e. The summed E-state index contributed by atoms with van der Waals surface area (Å²) in [5, 5.41) is 3.63. The van der Waals surface area contributed by atoms with E-state index in [1.54, 1.807) is 17.0 Å². The predicted octanol–water partition coefficient (Wildman–Crippen LogP) is 2.30. The first kappa shape index (κ1) is 24.7. The summed E-state index contributed by atoms with van der Waals surface area (Å²) in [4.78, 5) is 28.6. The number of sulfonamides is 1. The summed E-state index contributed by atoms with van der Waals surface area (Å²) in [5.41, 5.74) is 3.12. The molecular weight excluding hydrogens is 492 g/mol. The summed E-state index contributed by atoms with van der Waals surface area (Å²) in [6.07, 6.45) is 6.08. The lowest BCUT2D eigenvalue weighted by atomic mass is 10.1. The average Bonchev–Trinajstić information content (AvgIpc) is 3.15. The molecule has 1 aliphatic rings. The molecule has 0 spiro atoms. The summed E-state index contributed by atoms with van der Waals surface area (Å²) in [6, 6.07) is 11.4. The van der Waals surface area contributed by atoms with E-state index >= 15 is 0 Å². The number of rotatable bonds is 7. The van der Waals surface area contributed by atoms with Crippen molar-refractivity contribution in [1.82, 2.24) is 28.6 Å². The molecule has 1 aromatic carbocycles. The molecule has 1 fully saturated rings. The third-order valence-electron chi connectivity index (χ3n) is 6.35. The molecule has 4 aromatic rings. The molecule has 12 heteroatoms. The lowest BCUT2D eigenvalue weighted by molar-refractivity contribution is 0.388. The molecule has 0 saturated carbocycles. The van der Waals surface area contributed by atoms with Gasteiger partial charge in [-0.3, -0.25) is 4.79 Å². The van der Waals surface area contributed by atoms with Crippen molar-refractivity contribution in [1.29, 1.82) is 0 Å². The number of fused-ring (bicyclic) bond motifs is 1. The molecule has 0 atom stereocenters. The summed E-state index contributed by atoms with van der Waals surface area (Å²) < 4.78 is 28.3. The highest BCUT2D eigenvalue weighted by Gasteiger charge is 2.24. The van der Waals surface area contributed by atoms with Crippen molar-refractivity contribution in [2.75, 3.05) is 42.7 Å². The molecule has 11 nitrogen and oxygen atoms in total. The number of nitrogens with zero attached hydrogens (tertiary/aromatic N) is 7. The van der Waals surface area contributed by atoms with Crippen molar-refractivity contribution in [2.24, 2.45) is 0 Å². The number of pyridine rings is 1. The first-order valence-corrected chi connectivity index (χ1v) is 13.7. The molecule has 0 unspecified atom stereocenters. The number of allylic oxidation sites excluding steroid dienone is 1. The van der Waals surface area contributed by atoms with Crippen molar-refractivity contribution in [3.8, 4) is 5.82 Å². The van der Waals surface area contributed by atoms with Crippen LogP contribution in [-0.4, -0.2) is 69.5 Å². The second kappa shape index (κ2) is 9.79. The van der Waals surface area contributed by atoms with Gasteiger partial charge in [0.25, 0.3) is 5.56 Å². The van der Waals surface area contributed by atoms with E-state index in [0.717, 1.165) is 16.9 Å². The van der Waals surface area contributed by atoms with E-state index in [2.05, 4.69) is 31.7 Å². The first-order chi connectivity index (χ1) is 17.8. The van der Waals surface area contributed by atoms with Crippen LogP contribution in [0.1, 0.15) is 5.56 Å². The van der Waals surface area contributed by atoms with Crippen LogP contribution >= 0.6 is 0 Å². The number of anilines is 3. The van der Waals surface area contributed by atoms with Gasteiger partial charge in [-0.15, -0.1) is 6.58 Å². The largest absolute Gasteiger partial charge is 0.369 e. The van der Waals surface area contributed by atoms with E-state index < -0.39 is 10.0 Å². The van der Waals surface area contributed by atoms with Gasteiger partial charge in [-0.25, -0.2) is 27.7 Å². The second-order valence-corrected chi connectivity index (χ2v) is 10.9. The maximum absolute atomic E-state index is 13.0. The summed E-state index contributed by atoms with van der Waals surface area (Å²) in [5.74, 6) is 0.916. The topological polar surface area (TPSA) is 118 Å². The van der Waals surface area contributed by atoms with E-state index in [9.17, 15) is 13.2 Å². The predicted molar refractivity (Wildman–Crippen MR) is 144 cm³/mol. The Morgan fingerprint density at radius 2 is 1.89 bits per heavy atom. The summed E-state index contributed by atoms with van der Waals surface area (Å²) in [6.45, 7) is 8.28. The summed E-state index contributed by atoms with van der Waals surface area (Å²) >= 11 is 0. The van der Waals surface area contributed by atoms with Crippen LogP contribution in [-0.2, 0) is 16.6 Å². The minimum atomic E-state index is -3.17. The molecule has 0 radical (unpaired) electrons. The highest BCUT2D eigenvalue weighted by molar-refractivity contribution is 7.88. The zero-order valence-electron chi connectivity index (χ0n) is 20.7. The molecule has 1 aliphatic heterocycles. The molecule has 1 N–H and O–H groups in total. The lowest BCUT2D eigenvalue weighted by Crippen LogP contribution is -2.48. The number of nitrogens with one attached hydrogen (secondary N) is 1. The summed E-state index contributed by atoms with van der Waals surface area (Å²) in [7, 11) is -3.17. The molecule has 4 heterocycles. The first-order valence-electron chi connectivity index (χ1n) is 11.8. The Morgan fingerprint density at radius 3 is 2.54 bits per heavy atom. The van der Waals surface area contributed by atoms with Crippen molar-refractivity contribution in [2.45, 2.75) is 13.5 Å². The van der Waals surface area contributed by atoms with Crippen molar-refractivity contribution >= 4 is 38.4 Å². The number of piperazine rings is 1. The van der Waals surface area contributed by atoms with Gasteiger partial charge in [-0.1, -0.05) is 12.1 Å². The van der Waals surface area contributed by atoms with Crippen LogP contribution in [0, 0.1) is 6.92 Å². The monoisotopic (exact) mass is 520 g/mol. The molecule has 1 saturated heterocycles. The Hall–Kier alpha value is -4.03. The highest BCUT2D eigenvalue weighted by Crippen LogP contribution is 2.26. The zero-order valence-corrected chi connectivity index (χ0v) is 21.5. The van der Waals surface area contributed by atoms with Gasteiger partial charge >= 0.3 is 0 Å². The minimum Gasteiger partial charge on any atom is -0.369 e. The number of hydrogen-bond acceptors (Lipinski definition) is 8. The zero-order chi connectivity index (χ0) is 26.2. The average molecular weight is 521 g/mol. The molecular formula is C25H28N8O3S. The number of aromatic nitrogens is 5. The van der Waals surface area contributed by atoms with E-state index in [1.807, 2.05) is 43.3 Å². The molecule has 0 aliphatic carbocycles. The normalized spacial score (nSPS) is 14.7. The van der Waals surface area contributed by atoms with Gasteiger partial charge in [-0.2, -0.15) is 9.29 Å². The quantitative estimate of drug-likeness (QED) is 0.369. The van der Waals surface area contributed by atoms with Gasteiger partial charge in [-0.05, 0) is 42.8 Å². The van der Waals surface area contributed by atoms with E-state index in [-0.39, 0.29) is 5.56 Å². The third-order valence-corrected chi connectivity index (χ3v) is 7.65. The molecule has 3 aromatic heterocycles. The van der Waals surface area contributed by atoms with Crippen molar-refractivity contribution in [3.05, 3.63) is 77.4 Å². The third kappa shape index (κ3) is 4.85. The standard InChI is InChI=1S/C25H28N8O3S/c1-4-11-32-24(34)20-17-27-25(29-23(20)33(32)22-7-5-6-10-26-22)28-19-8-9-21(18(2)16-19)30-12-14-31(15-13-30)37(3,35)36/h4-10,16-17H,1,11-15H2,2-3H3,(H,27,28,29). The van der Waals surface area contributed by atoms with Crippen LogP contribution in [0.25, 0.3) is 16.9 Å². The Kier molecular flexibility index (Phi) is 6.52. The number of benzene rings is 1. The maximum atomic E-state index is 13.0. The van der Waals surface area contributed by atoms with Gasteiger partial charge in [0.1, 0.15) is 5.39 Å². The second-order valence-electron chi connectivity index (χ2n) is 8.88. The fourth-order valence-corrected chi connectivity index (χ4v) is 5.39.